The van der Waals surface area contributed by atoms with Gasteiger partial charge in [0, 0.05) is 5.56 Å². The van der Waals surface area contributed by atoms with Gasteiger partial charge in [-0.15, -0.1) is 0 Å². The highest BCUT2D eigenvalue weighted by atomic mass is 16.5. The zero-order valence-corrected chi connectivity index (χ0v) is 22.3. The number of rotatable bonds is 8. The summed E-state index contributed by atoms with van der Waals surface area (Å²) in [5.41, 5.74) is 4.60. The first kappa shape index (κ1) is 26.0. The molecule has 2 heterocycles. The first-order valence-electron chi connectivity index (χ1n) is 13.0. The molecule has 1 N–H and O–H groups in total. The molecule has 0 bridgehead atoms. The molecule has 198 valence electrons. The van der Waals surface area contributed by atoms with Crippen molar-refractivity contribution < 1.29 is 23.8 Å². The van der Waals surface area contributed by atoms with Gasteiger partial charge in [0.25, 0.3) is 11.7 Å². The maximum Gasteiger partial charge on any atom is 0.296 e. The van der Waals surface area contributed by atoms with Gasteiger partial charge in [0.05, 0.1) is 24.4 Å². The minimum absolute atomic E-state index is 0.0532. The van der Waals surface area contributed by atoms with Crippen molar-refractivity contribution in [2.75, 3.05) is 0 Å². The summed E-state index contributed by atoms with van der Waals surface area (Å²) in [4.78, 5) is 28.0. The van der Waals surface area contributed by atoms with Crippen LogP contribution in [0, 0.1) is 6.92 Å². The molecule has 3 aromatic carbocycles. The number of aliphatic hydroxyl groups excluding tert-OH is 1. The van der Waals surface area contributed by atoms with E-state index in [4.69, 9.17) is 9.15 Å². The fourth-order valence-electron chi connectivity index (χ4n) is 4.82. The number of likely N-dealkylation sites (tertiary alicyclic amines) is 1. The summed E-state index contributed by atoms with van der Waals surface area (Å²) < 4.78 is 11.4. The average molecular weight is 522 g/mol. The van der Waals surface area contributed by atoms with Crippen molar-refractivity contribution in [3.05, 3.63) is 130 Å². The number of aryl methyl sites for hydroxylation is 1. The van der Waals surface area contributed by atoms with Gasteiger partial charge in [0.15, 0.2) is 0 Å². The van der Waals surface area contributed by atoms with Gasteiger partial charge in [-0.05, 0) is 71.5 Å². The van der Waals surface area contributed by atoms with Crippen molar-refractivity contribution in [2.45, 2.75) is 45.9 Å². The number of Topliss-reactive ketones (excluding diaryl/α,β-unsaturated/α-hetero) is 1. The standard InChI is InChI=1S/C33H31NO5/c1-21(2)23-10-12-24(13-11-23)30-29(32(36)33(37)34(30)19-28-9-6-18-38-28)31(35)25-14-16-27(17-15-25)39-20-26-8-5-4-7-22(26)3/h4-18,21,30,35H,19-20H2,1-3H3. The lowest BCUT2D eigenvalue weighted by atomic mass is 9.93. The number of hydrogen-bond donors (Lipinski definition) is 1. The minimum Gasteiger partial charge on any atom is -0.507 e. The second-order valence-corrected chi connectivity index (χ2v) is 10.1. The van der Waals surface area contributed by atoms with Crippen molar-refractivity contribution in [3.63, 3.8) is 0 Å². The molecule has 0 aliphatic carbocycles. The summed E-state index contributed by atoms with van der Waals surface area (Å²) in [7, 11) is 0. The highest BCUT2D eigenvalue weighted by Gasteiger charge is 2.46. The fraction of sp³-hybridized carbons (Fsp3) is 0.212. The van der Waals surface area contributed by atoms with Crippen molar-refractivity contribution >= 4 is 17.4 Å². The largest absolute Gasteiger partial charge is 0.507 e. The Kier molecular flexibility index (Phi) is 7.37. The molecule has 0 spiro atoms. The van der Waals surface area contributed by atoms with Gasteiger partial charge in [-0.1, -0.05) is 62.4 Å². The molecule has 1 atom stereocenters. The quantitative estimate of drug-likeness (QED) is 0.155. The van der Waals surface area contributed by atoms with Crippen LogP contribution in [0.4, 0.5) is 0 Å². The minimum atomic E-state index is -0.756. The Labute approximate surface area is 228 Å². The molecule has 4 aromatic rings. The van der Waals surface area contributed by atoms with Crippen molar-refractivity contribution in [1.82, 2.24) is 4.90 Å². The Morgan fingerprint density at radius 2 is 1.67 bits per heavy atom. The van der Waals surface area contributed by atoms with E-state index < -0.39 is 17.7 Å². The molecule has 1 aromatic heterocycles. The number of hydrogen-bond acceptors (Lipinski definition) is 5. The zero-order chi connectivity index (χ0) is 27.5. The molecule has 6 heteroatoms. The van der Waals surface area contributed by atoms with Gasteiger partial charge in [0.2, 0.25) is 0 Å². The summed E-state index contributed by atoms with van der Waals surface area (Å²) in [6.07, 6.45) is 1.53. The summed E-state index contributed by atoms with van der Waals surface area (Å²) >= 11 is 0. The third kappa shape index (κ3) is 5.36. The maximum atomic E-state index is 13.3. The van der Waals surface area contributed by atoms with Crippen LogP contribution in [-0.2, 0) is 22.7 Å². The van der Waals surface area contributed by atoms with Gasteiger partial charge in [-0.2, -0.15) is 0 Å². The van der Waals surface area contributed by atoms with Crippen LogP contribution in [0.1, 0.15) is 59.4 Å². The number of ketones is 1. The molecule has 1 fully saturated rings. The number of amides is 1. The fourth-order valence-corrected chi connectivity index (χ4v) is 4.82. The molecule has 1 amide bonds. The first-order valence-corrected chi connectivity index (χ1v) is 13.0. The van der Waals surface area contributed by atoms with Gasteiger partial charge in [-0.25, -0.2) is 0 Å². The molecule has 1 aliphatic heterocycles. The third-order valence-electron chi connectivity index (χ3n) is 7.15. The number of carbonyl (C=O) groups excluding carboxylic acids is 2. The number of benzene rings is 3. The Hall–Kier alpha value is -4.58. The van der Waals surface area contributed by atoms with E-state index in [1.165, 1.54) is 11.2 Å². The predicted octanol–water partition coefficient (Wildman–Crippen LogP) is 6.91. The van der Waals surface area contributed by atoms with E-state index in [1.54, 1.807) is 36.4 Å². The van der Waals surface area contributed by atoms with Crippen molar-refractivity contribution in [2.24, 2.45) is 0 Å². The summed E-state index contributed by atoms with van der Waals surface area (Å²) in [6.45, 7) is 6.77. The molecule has 6 nitrogen and oxygen atoms in total. The number of aliphatic hydroxyl groups is 1. The molecular formula is C33H31NO5. The Balaban J connectivity index is 1.48. The Morgan fingerprint density at radius 1 is 0.949 bits per heavy atom. The lowest BCUT2D eigenvalue weighted by molar-refractivity contribution is -0.140. The maximum absolute atomic E-state index is 13.3. The van der Waals surface area contributed by atoms with E-state index in [-0.39, 0.29) is 17.9 Å². The van der Waals surface area contributed by atoms with Crippen LogP contribution in [0.25, 0.3) is 5.76 Å². The van der Waals surface area contributed by atoms with Crippen molar-refractivity contribution in [3.8, 4) is 5.75 Å². The van der Waals surface area contributed by atoms with E-state index in [0.29, 0.717) is 29.6 Å². The van der Waals surface area contributed by atoms with Crippen LogP contribution in [0.3, 0.4) is 0 Å². The normalized spacial score (nSPS) is 16.7. The number of nitrogens with zero attached hydrogens (tertiary/aromatic N) is 1. The van der Waals surface area contributed by atoms with Crippen LogP contribution >= 0.6 is 0 Å². The van der Waals surface area contributed by atoms with E-state index in [9.17, 15) is 14.7 Å². The lowest BCUT2D eigenvalue weighted by Crippen LogP contribution is -2.29. The molecular weight excluding hydrogens is 490 g/mol. The zero-order valence-electron chi connectivity index (χ0n) is 22.3. The van der Waals surface area contributed by atoms with Crippen LogP contribution in [-0.4, -0.2) is 21.7 Å². The SMILES string of the molecule is Cc1ccccc1COc1ccc(C(O)=C2C(=O)C(=O)N(Cc3ccco3)C2c2ccc(C(C)C)cc2)cc1. The molecule has 5 rings (SSSR count). The highest BCUT2D eigenvalue weighted by Crippen LogP contribution is 2.40. The Morgan fingerprint density at radius 3 is 2.31 bits per heavy atom. The second kappa shape index (κ2) is 11.0. The molecule has 0 saturated carbocycles. The Bertz CT molecular complexity index is 1500. The van der Waals surface area contributed by atoms with Crippen molar-refractivity contribution in [1.29, 1.82) is 0 Å². The topological polar surface area (TPSA) is 80.0 Å². The van der Waals surface area contributed by atoms with Crippen LogP contribution < -0.4 is 4.74 Å². The highest BCUT2D eigenvalue weighted by molar-refractivity contribution is 6.46. The van der Waals surface area contributed by atoms with Crippen LogP contribution in [0.15, 0.2) is 101 Å². The first-order chi connectivity index (χ1) is 18.8. The van der Waals surface area contributed by atoms with E-state index in [2.05, 4.69) is 13.8 Å². The lowest BCUT2D eigenvalue weighted by Gasteiger charge is -2.25. The van der Waals surface area contributed by atoms with Gasteiger partial charge in [-0.3, -0.25) is 9.59 Å². The summed E-state index contributed by atoms with van der Waals surface area (Å²) in [5, 5.41) is 11.4. The van der Waals surface area contributed by atoms with Crippen LogP contribution in [0.5, 0.6) is 5.75 Å². The predicted molar refractivity (Wildman–Crippen MR) is 149 cm³/mol. The molecule has 1 aliphatic rings. The van der Waals surface area contributed by atoms with Gasteiger partial charge in [0.1, 0.15) is 23.9 Å². The molecule has 1 unspecified atom stereocenters. The monoisotopic (exact) mass is 521 g/mol. The second-order valence-electron chi connectivity index (χ2n) is 10.1. The molecule has 39 heavy (non-hydrogen) atoms. The molecule has 0 radical (unpaired) electrons. The van der Waals surface area contributed by atoms with Crippen LogP contribution in [0.2, 0.25) is 0 Å². The summed E-state index contributed by atoms with van der Waals surface area (Å²) in [6, 6.07) is 25.5. The van der Waals surface area contributed by atoms with Gasteiger partial charge >= 0.3 is 0 Å². The molecule has 1 saturated heterocycles. The van der Waals surface area contributed by atoms with E-state index >= 15 is 0 Å². The summed E-state index contributed by atoms with van der Waals surface area (Å²) in [5.74, 6) is -0.107. The third-order valence-corrected chi connectivity index (χ3v) is 7.15. The van der Waals surface area contributed by atoms with Gasteiger partial charge < -0.3 is 19.2 Å². The van der Waals surface area contributed by atoms with E-state index in [1.807, 2.05) is 55.5 Å². The number of carbonyl (C=O) groups is 2. The number of ether oxygens (including phenoxy) is 1. The average Bonchev–Trinajstić information content (AvgIpc) is 3.55. The van der Waals surface area contributed by atoms with E-state index in [0.717, 1.165) is 22.3 Å². The smallest absolute Gasteiger partial charge is 0.296 e. The number of furan rings is 1.